The Morgan fingerprint density at radius 2 is 2.00 bits per heavy atom. The normalized spacial score (nSPS) is 16.4. The maximum atomic E-state index is 12.1. The van der Waals surface area contributed by atoms with Gasteiger partial charge < -0.3 is 10.8 Å². The fraction of sp³-hybridized carbons (Fsp3) is 0.875. The molecule has 0 heterocycles. The number of aliphatic carboxylic acids is 1. The summed E-state index contributed by atoms with van der Waals surface area (Å²) in [6.45, 7) is 1.78. The predicted molar refractivity (Wildman–Crippen MR) is 44.7 cm³/mol. The lowest BCUT2D eigenvalue weighted by Gasteiger charge is -2.22. The monoisotopic (exact) mass is 213 g/mol. The number of hydrogen-bond donors (Lipinski definition) is 2. The molecule has 14 heavy (non-hydrogen) atoms. The zero-order chi connectivity index (χ0) is 11.4. The first-order chi connectivity index (χ1) is 6.30. The lowest BCUT2D eigenvalue weighted by Crippen LogP contribution is -2.46. The number of carboxylic acid groups (broad SMARTS) is 1. The second kappa shape index (κ2) is 5.19. The molecule has 2 unspecified atom stereocenters. The van der Waals surface area contributed by atoms with Gasteiger partial charge in [-0.05, 0) is 6.42 Å². The standard InChI is InChI=1S/C8H14F3NO2/c1-2-3-4-5(7(13)14)6(12)8(9,10)11/h5-6H,2-4,12H2,1H3,(H,13,14). The highest BCUT2D eigenvalue weighted by molar-refractivity contribution is 5.71. The number of carboxylic acids is 1. The zero-order valence-corrected chi connectivity index (χ0v) is 7.84. The highest BCUT2D eigenvalue weighted by atomic mass is 19.4. The molecule has 0 fully saturated rings. The molecule has 0 aromatic carbocycles. The van der Waals surface area contributed by atoms with E-state index in [-0.39, 0.29) is 6.42 Å². The number of rotatable bonds is 5. The van der Waals surface area contributed by atoms with Gasteiger partial charge in [0.25, 0.3) is 0 Å². The van der Waals surface area contributed by atoms with E-state index in [0.717, 1.165) is 0 Å². The van der Waals surface area contributed by atoms with E-state index in [0.29, 0.717) is 12.8 Å². The second-order valence-electron chi connectivity index (χ2n) is 3.15. The van der Waals surface area contributed by atoms with Gasteiger partial charge in [0.05, 0.1) is 5.92 Å². The summed E-state index contributed by atoms with van der Waals surface area (Å²) in [5.41, 5.74) is 4.83. The highest BCUT2D eigenvalue weighted by Crippen LogP contribution is 2.26. The molecule has 0 bridgehead atoms. The molecule has 3 N–H and O–H groups in total. The smallest absolute Gasteiger partial charge is 0.404 e. The van der Waals surface area contributed by atoms with Crippen molar-refractivity contribution in [3.8, 4) is 0 Å². The number of carbonyl (C=O) groups is 1. The zero-order valence-electron chi connectivity index (χ0n) is 7.84. The van der Waals surface area contributed by atoms with Crippen molar-refractivity contribution in [1.29, 1.82) is 0 Å². The van der Waals surface area contributed by atoms with Crippen LogP contribution in [0.4, 0.5) is 13.2 Å². The minimum Gasteiger partial charge on any atom is -0.481 e. The van der Waals surface area contributed by atoms with Crippen LogP contribution < -0.4 is 5.73 Å². The third kappa shape index (κ3) is 3.95. The molecule has 3 nitrogen and oxygen atoms in total. The molecule has 0 saturated carbocycles. The lowest BCUT2D eigenvalue weighted by atomic mass is 9.94. The van der Waals surface area contributed by atoms with E-state index in [1.54, 1.807) is 6.92 Å². The Balaban J connectivity index is 4.41. The summed E-state index contributed by atoms with van der Waals surface area (Å²) < 4.78 is 36.3. The Bertz CT molecular complexity index is 194. The van der Waals surface area contributed by atoms with E-state index in [2.05, 4.69) is 0 Å². The van der Waals surface area contributed by atoms with Crippen molar-refractivity contribution in [3.63, 3.8) is 0 Å². The first kappa shape index (κ1) is 13.2. The van der Waals surface area contributed by atoms with Crippen molar-refractivity contribution in [2.75, 3.05) is 0 Å². The molecule has 0 radical (unpaired) electrons. The number of nitrogens with two attached hydrogens (primary N) is 1. The molecular weight excluding hydrogens is 199 g/mol. The maximum absolute atomic E-state index is 12.1. The number of alkyl halides is 3. The Kier molecular flexibility index (Phi) is 4.90. The van der Waals surface area contributed by atoms with Crippen LogP contribution >= 0.6 is 0 Å². The number of hydrogen-bond acceptors (Lipinski definition) is 2. The van der Waals surface area contributed by atoms with Crippen molar-refractivity contribution < 1.29 is 23.1 Å². The van der Waals surface area contributed by atoms with Gasteiger partial charge in [-0.2, -0.15) is 13.2 Å². The van der Waals surface area contributed by atoms with Crippen LogP contribution in [-0.2, 0) is 4.79 Å². The van der Waals surface area contributed by atoms with Gasteiger partial charge in [0, 0.05) is 0 Å². The summed E-state index contributed by atoms with van der Waals surface area (Å²) in [7, 11) is 0. The molecule has 0 amide bonds. The van der Waals surface area contributed by atoms with Crippen LogP contribution in [0.25, 0.3) is 0 Å². The largest absolute Gasteiger partial charge is 0.481 e. The van der Waals surface area contributed by atoms with Crippen molar-refractivity contribution >= 4 is 5.97 Å². The van der Waals surface area contributed by atoms with Gasteiger partial charge in [-0.15, -0.1) is 0 Å². The van der Waals surface area contributed by atoms with Crippen molar-refractivity contribution in [2.24, 2.45) is 11.7 Å². The first-order valence-corrected chi connectivity index (χ1v) is 4.35. The Morgan fingerprint density at radius 1 is 1.50 bits per heavy atom. The second-order valence-corrected chi connectivity index (χ2v) is 3.15. The van der Waals surface area contributed by atoms with Crippen LogP contribution in [-0.4, -0.2) is 23.3 Å². The average molecular weight is 213 g/mol. The lowest BCUT2D eigenvalue weighted by molar-refractivity contribution is -0.173. The van der Waals surface area contributed by atoms with Crippen molar-refractivity contribution in [1.82, 2.24) is 0 Å². The minimum absolute atomic E-state index is 0.0352. The molecule has 0 aliphatic rings. The fourth-order valence-corrected chi connectivity index (χ4v) is 1.11. The van der Waals surface area contributed by atoms with Gasteiger partial charge in [0.2, 0.25) is 0 Å². The molecule has 0 aromatic rings. The molecule has 0 aliphatic heterocycles. The van der Waals surface area contributed by atoms with E-state index in [1.807, 2.05) is 0 Å². The van der Waals surface area contributed by atoms with Gasteiger partial charge >= 0.3 is 12.1 Å². The van der Waals surface area contributed by atoms with Crippen molar-refractivity contribution in [2.45, 2.75) is 38.4 Å². The Morgan fingerprint density at radius 3 is 2.29 bits per heavy atom. The molecule has 0 saturated heterocycles. The Hall–Kier alpha value is -0.780. The maximum Gasteiger partial charge on any atom is 0.404 e. The van der Waals surface area contributed by atoms with Crippen LogP contribution in [0.3, 0.4) is 0 Å². The molecule has 84 valence electrons. The quantitative estimate of drug-likeness (QED) is 0.731. The van der Waals surface area contributed by atoms with Crippen LogP contribution in [0.2, 0.25) is 0 Å². The van der Waals surface area contributed by atoms with Gasteiger partial charge in [0.1, 0.15) is 6.04 Å². The average Bonchev–Trinajstić information content (AvgIpc) is 2.02. The Labute approximate surface area is 80.1 Å². The molecule has 0 aromatic heterocycles. The SMILES string of the molecule is CCCCC(C(=O)O)C(N)C(F)(F)F. The van der Waals surface area contributed by atoms with Crippen LogP contribution in [0.1, 0.15) is 26.2 Å². The van der Waals surface area contributed by atoms with Gasteiger partial charge in [0.15, 0.2) is 0 Å². The summed E-state index contributed by atoms with van der Waals surface area (Å²) in [4.78, 5) is 10.5. The van der Waals surface area contributed by atoms with E-state index in [1.165, 1.54) is 0 Å². The van der Waals surface area contributed by atoms with E-state index in [9.17, 15) is 18.0 Å². The number of halogens is 3. The van der Waals surface area contributed by atoms with E-state index >= 15 is 0 Å². The van der Waals surface area contributed by atoms with Gasteiger partial charge in [-0.1, -0.05) is 19.8 Å². The van der Waals surface area contributed by atoms with Crippen LogP contribution in [0.15, 0.2) is 0 Å². The third-order valence-electron chi connectivity index (χ3n) is 2.00. The van der Waals surface area contributed by atoms with E-state index < -0.39 is 24.1 Å². The van der Waals surface area contributed by atoms with E-state index in [4.69, 9.17) is 10.8 Å². The summed E-state index contributed by atoms with van der Waals surface area (Å²) in [5, 5.41) is 8.55. The summed E-state index contributed by atoms with van der Waals surface area (Å²) in [6.07, 6.45) is -3.60. The summed E-state index contributed by atoms with van der Waals surface area (Å²) in [6, 6.07) is -2.27. The molecule has 0 aliphatic carbocycles. The minimum atomic E-state index is -4.64. The molecule has 0 rings (SSSR count). The van der Waals surface area contributed by atoms with Crippen molar-refractivity contribution in [3.05, 3.63) is 0 Å². The van der Waals surface area contributed by atoms with Gasteiger partial charge in [-0.3, -0.25) is 4.79 Å². The number of unbranched alkanes of at least 4 members (excludes halogenated alkanes) is 1. The summed E-state index contributed by atoms with van der Waals surface area (Å²) >= 11 is 0. The first-order valence-electron chi connectivity index (χ1n) is 4.35. The summed E-state index contributed by atoms with van der Waals surface area (Å²) in [5.74, 6) is -3.02. The van der Waals surface area contributed by atoms with Crippen LogP contribution in [0, 0.1) is 5.92 Å². The van der Waals surface area contributed by atoms with Gasteiger partial charge in [-0.25, -0.2) is 0 Å². The molecule has 0 spiro atoms. The molecular formula is C8H14F3NO2. The molecule has 6 heteroatoms. The predicted octanol–water partition coefficient (Wildman–Crippen LogP) is 1.77. The highest BCUT2D eigenvalue weighted by Gasteiger charge is 2.44. The fourth-order valence-electron chi connectivity index (χ4n) is 1.11. The topological polar surface area (TPSA) is 63.3 Å². The van der Waals surface area contributed by atoms with Crippen LogP contribution in [0.5, 0.6) is 0 Å². The molecule has 2 atom stereocenters. The third-order valence-corrected chi connectivity index (χ3v) is 2.00.